The van der Waals surface area contributed by atoms with Gasteiger partial charge in [-0.15, -0.1) is 5.10 Å². The number of hydrogen-bond acceptors (Lipinski definition) is 3. The maximum atomic E-state index is 12.8. The van der Waals surface area contributed by atoms with E-state index in [1.807, 2.05) is 0 Å². The summed E-state index contributed by atoms with van der Waals surface area (Å²) in [6.07, 6.45) is 3.00. The first-order valence-electron chi connectivity index (χ1n) is 3.76. The monoisotopic (exact) mass is 175 g/mol. The summed E-state index contributed by atoms with van der Waals surface area (Å²) in [5.74, 6) is 0.131. The molecule has 0 aliphatic heterocycles. The molecule has 0 fully saturated rings. The number of benzene rings is 1. The van der Waals surface area contributed by atoms with Crippen LogP contribution in [0.5, 0.6) is 0 Å². The Morgan fingerprint density at radius 3 is 2.77 bits per heavy atom. The zero-order chi connectivity index (χ0) is 9.10. The summed E-state index contributed by atoms with van der Waals surface area (Å²) in [6, 6.07) is 6.10. The third-order valence-electron chi connectivity index (χ3n) is 1.57. The molecule has 3 nitrogen and oxygen atoms in total. The van der Waals surface area contributed by atoms with Crippen molar-refractivity contribution in [2.45, 2.75) is 0 Å². The van der Waals surface area contributed by atoms with E-state index in [1.165, 1.54) is 24.5 Å². The molecule has 0 unspecified atom stereocenters. The van der Waals surface area contributed by atoms with Gasteiger partial charge in [0.2, 0.25) is 0 Å². The minimum atomic E-state index is -0.301. The fourth-order valence-electron chi connectivity index (χ4n) is 1.01. The first-order valence-corrected chi connectivity index (χ1v) is 3.76. The molecular formula is C9H6FN3. The highest BCUT2D eigenvalue weighted by molar-refractivity contribution is 5.53. The van der Waals surface area contributed by atoms with Crippen molar-refractivity contribution < 1.29 is 4.39 Å². The van der Waals surface area contributed by atoms with Crippen LogP contribution >= 0.6 is 0 Å². The molecule has 0 aliphatic rings. The Labute approximate surface area is 74.3 Å². The van der Waals surface area contributed by atoms with Crippen LogP contribution in [0.3, 0.4) is 0 Å². The van der Waals surface area contributed by atoms with Crippen LogP contribution in [0.1, 0.15) is 0 Å². The van der Waals surface area contributed by atoms with Crippen LogP contribution in [0.15, 0.2) is 36.7 Å². The Bertz CT molecular complexity index is 403. The van der Waals surface area contributed by atoms with Crippen LogP contribution < -0.4 is 0 Å². The van der Waals surface area contributed by atoms with E-state index in [9.17, 15) is 4.39 Å². The molecule has 2 rings (SSSR count). The Morgan fingerprint density at radius 1 is 1.15 bits per heavy atom. The fourth-order valence-corrected chi connectivity index (χ4v) is 1.01. The number of aromatic nitrogens is 3. The molecule has 1 aromatic heterocycles. The van der Waals surface area contributed by atoms with Crippen molar-refractivity contribution in [1.29, 1.82) is 0 Å². The van der Waals surface area contributed by atoms with Gasteiger partial charge in [-0.05, 0) is 12.1 Å². The molecule has 13 heavy (non-hydrogen) atoms. The van der Waals surface area contributed by atoms with Gasteiger partial charge in [-0.3, -0.25) is 0 Å². The van der Waals surface area contributed by atoms with Crippen molar-refractivity contribution >= 4 is 0 Å². The number of nitrogens with zero attached hydrogens (tertiary/aromatic N) is 3. The maximum absolute atomic E-state index is 12.8. The molecule has 1 heterocycles. The highest BCUT2D eigenvalue weighted by Gasteiger charge is 2.00. The summed E-state index contributed by atoms with van der Waals surface area (Å²) in [7, 11) is 0. The molecule has 0 saturated carbocycles. The van der Waals surface area contributed by atoms with E-state index in [0.29, 0.717) is 11.4 Å². The molecule has 1 aromatic carbocycles. The lowest BCUT2D eigenvalue weighted by atomic mass is 10.2. The van der Waals surface area contributed by atoms with E-state index in [1.54, 1.807) is 12.1 Å². The predicted octanol–water partition coefficient (Wildman–Crippen LogP) is 1.68. The molecule has 0 radical (unpaired) electrons. The van der Waals surface area contributed by atoms with Crippen molar-refractivity contribution in [3.05, 3.63) is 42.5 Å². The number of rotatable bonds is 1. The Balaban J connectivity index is 2.48. The van der Waals surface area contributed by atoms with Crippen molar-refractivity contribution in [3.63, 3.8) is 0 Å². The van der Waals surface area contributed by atoms with E-state index < -0.39 is 0 Å². The topological polar surface area (TPSA) is 38.7 Å². The molecule has 64 valence electrons. The zero-order valence-corrected chi connectivity index (χ0v) is 6.68. The van der Waals surface area contributed by atoms with Gasteiger partial charge in [0.15, 0.2) is 5.82 Å². The second-order valence-electron chi connectivity index (χ2n) is 2.48. The number of hydrogen-bond donors (Lipinski definition) is 0. The molecule has 0 aliphatic carbocycles. The quantitative estimate of drug-likeness (QED) is 0.661. The Hall–Kier alpha value is -1.84. The minimum absolute atomic E-state index is 0.301. The average Bonchev–Trinajstić information content (AvgIpc) is 2.19. The molecule has 4 heteroatoms. The third kappa shape index (κ3) is 1.66. The van der Waals surface area contributed by atoms with Gasteiger partial charge >= 0.3 is 0 Å². The van der Waals surface area contributed by atoms with E-state index in [2.05, 4.69) is 15.2 Å². The smallest absolute Gasteiger partial charge is 0.181 e. The lowest BCUT2D eigenvalue weighted by Gasteiger charge is -1.96. The van der Waals surface area contributed by atoms with Gasteiger partial charge in [0.05, 0.1) is 6.20 Å². The van der Waals surface area contributed by atoms with Crippen molar-refractivity contribution in [2.24, 2.45) is 0 Å². The van der Waals surface area contributed by atoms with Gasteiger partial charge in [-0.2, -0.15) is 5.10 Å². The zero-order valence-electron chi connectivity index (χ0n) is 6.68. The van der Waals surface area contributed by atoms with Gasteiger partial charge < -0.3 is 0 Å². The molecular weight excluding hydrogens is 169 g/mol. The lowest BCUT2D eigenvalue weighted by molar-refractivity contribution is 0.628. The summed E-state index contributed by atoms with van der Waals surface area (Å²) in [6.45, 7) is 0. The van der Waals surface area contributed by atoms with Gasteiger partial charge in [0.25, 0.3) is 0 Å². The highest BCUT2D eigenvalue weighted by Crippen LogP contribution is 2.13. The van der Waals surface area contributed by atoms with Crippen LogP contribution in [-0.4, -0.2) is 15.2 Å². The maximum Gasteiger partial charge on any atom is 0.181 e. The van der Waals surface area contributed by atoms with Gasteiger partial charge in [-0.25, -0.2) is 9.37 Å². The van der Waals surface area contributed by atoms with Crippen molar-refractivity contribution in [1.82, 2.24) is 15.2 Å². The molecule has 0 saturated heterocycles. The summed E-state index contributed by atoms with van der Waals surface area (Å²) >= 11 is 0. The van der Waals surface area contributed by atoms with Crippen LogP contribution in [0.2, 0.25) is 0 Å². The van der Waals surface area contributed by atoms with Crippen LogP contribution in [0, 0.1) is 5.82 Å². The molecule has 0 bridgehead atoms. The highest BCUT2D eigenvalue weighted by atomic mass is 19.1. The van der Waals surface area contributed by atoms with E-state index >= 15 is 0 Å². The fraction of sp³-hybridized carbons (Fsp3) is 0. The molecule has 0 atom stereocenters. The second-order valence-corrected chi connectivity index (χ2v) is 2.48. The average molecular weight is 175 g/mol. The summed E-state index contributed by atoms with van der Waals surface area (Å²) in [4.78, 5) is 3.95. The summed E-state index contributed by atoms with van der Waals surface area (Å²) in [5.41, 5.74) is 0.633. The Kier molecular flexibility index (Phi) is 1.96. The standard InChI is InChI=1S/C9H6FN3/c10-8-3-1-2-7(6-8)9-11-4-5-12-13-9/h1-6H. The van der Waals surface area contributed by atoms with Gasteiger partial charge in [0.1, 0.15) is 5.82 Å². The summed E-state index contributed by atoms with van der Waals surface area (Å²) in [5, 5.41) is 7.42. The molecule has 0 N–H and O–H groups in total. The second kappa shape index (κ2) is 3.26. The van der Waals surface area contributed by atoms with E-state index in [-0.39, 0.29) is 5.82 Å². The van der Waals surface area contributed by atoms with E-state index in [4.69, 9.17) is 0 Å². The van der Waals surface area contributed by atoms with Crippen LogP contribution in [0.25, 0.3) is 11.4 Å². The largest absolute Gasteiger partial charge is 0.233 e. The first-order chi connectivity index (χ1) is 6.36. The molecule has 2 aromatic rings. The normalized spacial score (nSPS) is 9.92. The number of halogens is 1. The van der Waals surface area contributed by atoms with Gasteiger partial charge in [0, 0.05) is 11.8 Å². The predicted molar refractivity (Wildman–Crippen MR) is 45.2 cm³/mol. The van der Waals surface area contributed by atoms with Crippen molar-refractivity contribution in [2.75, 3.05) is 0 Å². The van der Waals surface area contributed by atoms with E-state index in [0.717, 1.165) is 0 Å². The minimum Gasteiger partial charge on any atom is -0.233 e. The van der Waals surface area contributed by atoms with Crippen LogP contribution in [-0.2, 0) is 0 Å². The SMILES string of the molecule is Fc1cccc(-c2nccnn2)c1. The lowest BCUT2D eigenvalue weighted by Crippen LogP contribution is -1.90. The first kappa shape index (κ1) is 7.79. The molecule has 0 spiro atoms. The third-order valence-corrected chi connectivity index (χ3v) is 1.57. The summed E-state index contributed by atoms with van der Waals surface area (Å²) < 4.78 is 12.8. The Morgan fingerprint density at radius 2 is 2.08 bits per heavy atom. The van der Waals surface area contributed by atoms with Gasteiger partial charge in [-0.1, -0.05) is 12.1 Å². The van der Waals surface area contributed by atoms with Crippen LogP contribution in [0.4, 0.5) is 4.39 Å². The van der Waals surface area contributed by atoms with Crippen molar-refractivity contribution in [3.8, 4) is 11.4 Å². The molecule has 0 amide bonds.